The highest BCUT2D eigenvalue weighted by atomic mass is 35.5. The number of carbonyl (C=O) groups is 4. The molecule has 0 bridgehead atoms. The van der Waals surface area contributed by atoms with Gasteiger partial charge in [0.25, 0.3) is 11.1 Å². The van der Waals surface area contributed by atoms with E-state index in [0.717, 1.165) is 22.2 Å². The molecule has 4 rings (SSSR count). The predicted octanol–water partition coefficient (Wildman–Crippen LogP) is 5.39. The first-order valence-electron chi connectivity index (χ1n) is 11.6. The Bertz CT molecular complexity index is 1460. The van der Waals surface area contributed by atoms with E-state index in [0.29, 0.717) is 23.7 Å². The number of anilines is 1. The van der Waals surface area contributed by atoms with Crippen molar-refractivity contribution in [3.8, 4) is 11.5 Å². The second-order valence-electron chi connectivity index (χ2n) is 8.19. The fourth-order valence-electron chi connectivity index (χ4n) is 3.63. The molecule has 0 atom stereocenters. The number of hydrogen-bond donors (Lipinski definition) is 1. The van der Waals surface area contributed by atoms with E-state index in [1.165, 1.54) is 32.4 Å². The van der Waals surface area contributed by atoms with E-state index in [9.17, 15) is 19.2 Å². The molecule has 1 saturated heterocycles. The van der Waals surface area contributed by atoms with Crippen molar-refractivity contribution in [2.75, 3.05) is 26.1 Å². The molecule has 3 aromatic carbocycles. The largest absolute Gasteiger partial charge is 0.493 e. The van der Waals surface area contributed by atoms with E-state index >= 15 is 0 Å². The highest BCUT2D eigenvalue weighted by molar-refractivity contribution is 8.18. The minimum atomic E-state index is -0.667. The number of thioether (sulfide) groups is 1. The molecule has 0 aliphatic carbocycles. The van der Waals surface area contributed by atoms with Crippen molar-refractivity contribution in [2.24, 2.45) is 0 Å². The number of ether oxygens (including phenoxy) is 3. The van der Waals surface area contributed by atoms with Gasteiger partial charge >= 0.3 is 5.97 Å². The molecular formula is C28H23ClN2O7S. The third kappa shape index (κ3) is 6.78. The summed E-state index contributed by atoms with van der Waals surface area (Å²) in [7, 11) is 2.72. The highest BCUT2D eigenvalue weighted by Crippen LogP contribution is 2.35. The van der Waals surface area contributed by atoms with Gasteiger partial charge in [-0.15, -0.1) is 0 Å². The maximum absolute atomic E-state index is 12.9. The first-order valence-corrected chi connectivity index (χ1v) is 12.8. The van der Waals surface area contributed by atoms with Crippen LogP contribution in [0.5, 0.6) is 11.5 Å². The standard InChI is InChI=1S/C28H23ClN2O7S/c1-36-23-12-18(8-11-22(23)38-16-17-6-4-3-5-7-17)13-24-26(33)31(28(35)39-24)15-25(32)30-19-9-10-21(29)20(14-19)27(34)37-2/h3-14H,15-16H2,1-2H3,(H,30,32)/b24-13+. The zero-order valence-corrected chi connectivity index (χ0v) is 22.5. The number of imide groups is 1. The summed E-state index contributed by atoms with van der Waals surface area (Å²) in [6.45, 7) is -0.148. The van der Waals surface area contributed by atoms with E-state index in [-0.39, 0.29) is 21.2 Å². The lowest BCUT2D eigenvalue weighted by atomic mass is 10.1. The van der Waals surface area contributed by atoms with Crippen LogP contribution >= 0.6 is 23.4 Å². The first kappa shape index (κ1) is 27.7. The van der Waals surface area contributed by atoms with Crippen LogP contribution in [-0.4, -0.2) is 48.7 Å². The van der Waals surface area contributed by atoms with Crippen LogP contribution in [-0.2, 0) is 20.9 Å². The van der Waals surface area contributed by atoms with Crippen LogP contribution in [0.25, 0.3) is 6.08 Å². The molecule has 0 radical (unpaired) electrons. The summed E-state index contributed by atoms with van der Waals surface area (Å²) >= 11 is 6.73. The summed E-state index contributed by atoms with van der Waals surface area (Å²) in [6, 6.07) is 19.1. The molecule has 0 saturated carbocycles. The zero-order valence-electron chi connectivity index (χ0n) is 20.9. The number of nitrogens with zero attached hydrogens (tertiary/aromatic N) is 1. The van der Waals surface area contributed by atoms with Crippen LogP contribution in [0.2, 0.25) is 5.02 Å². The van der Waals surface area contributed by atoms with Crippen molar-refractivity contribution in [1.29, 1.82) is 0 Å². The van der Waals surface area contributed by atoms with E-state index in [4.69, 9.17) is 21.1 Å². The van der Waals surface area contributed by atoms with Crippen molar-refractivity contribution in [1.82, 2.24) is 4.90 Å². The van der Waals surface area contributed by atoms with Crippen molar-refractivity contribution in [3.05, 3.63) is 93.3 Å². The lowest BCUT2D eigenvalue weighted by Crippen LogP contribution is -2.36. The monoisotopic (exact) mass is 566 g/mol. The Balaban J connectivity index is 1.42. The van der Waals surface area contributed by atoms with Gasteiger partial charge in [-0.1, -0.05) is 48.0 Å². The molecule has 1 heterocycles. The second-order valence-corrected chi connectivity index (χ2v) is 9.59. The third-order valence-corrected chi connectivity index (χ3v) is 6.79. The lowest BCUT2D eigenvalue weighted by Gasteiger charge is -2.13. The van der Waals surface area contributed by atoms with E-state index < -0.39 is 29.6 Å². The van der Waals surface area contributed by atoms with E-state index in [1.54, 1.807) is 24.3 Å². The SMILES string of the molecule is COC(=O)c1cc(NC(=O)CN2C(=O)S/C(=C/c3ccc(OCc4ccccc4)c(OC)c3)C2=O)ccc1Cl. The molecule has 1 aliphatic rings. The molecule has 1 N–H and O–H groups in total. The van der Waals surface area contributed by atoms with Crippen molar-refractivity contribution >= 4 is 58.1 Å². The summed E-state index contributed by atoms with van der Waals surface area (Å²) in [5.74, 6) is -0.902. The molecule has 9 nitrogen and oxygen atoms in total. The lowest BCUT2D eigenvalue weighted by molar-refractivity contribution is -0.127. The molecule has 200 valence electrons. The summed E-state index contributed by atoms with van der Waals surface area (Å²) in [5, 5.41) is 2.13. The Morgan fingerprint density at radius 2 is 1.77 bits per heavy atom. The van der Waals surface area contributed by atoms with Gasteiger partial charge in [-0.2, -0.15) is 0 Å². The smallest absolute Gasteiger partial charge is 0.339 e. The highest BCUT2D eigenvalue weighted by Gasteiger charge is 2.36. The van der Waals surface area contributed by atoms with Gasteiger partial charge in [-0.25, -0.2) is 4.79 Å². The number of amides is 3. The molecular weight excluding hydrogens is 544 g/mol. The number of methoxy groups -OCH3 is 2. The van der Waals surface area contributed by atoms with Gasteiger partial charge in [0, 0.05) is 5.69 Å². The number of halogens is 1. The number of nitrogens with one attached hydrogen (secondary N) is 1. The van der Waals surface area contributed by atoms with Crippen molar-refractivity contribution < 1.29 is 33.4 Å². The molecule has 0 aromatic heterocycles. The quantitative estimate of drug-likeness (QED) is 0.271. The van der Waals surface area contributed by atoms with E-state index in [2.05, 4.69) is 10.1 Å². The van der Waals surface area contributed by atoms with Crippen LogP contribution in [0.3, 0.4) is 0 Å². The Morgan fingerprint density at radius 3 is 2.49 bits per heavy atom. The van der Waals surface area contributed by atoms with Crippen LogP contribution < -0.4 is 14.8 Å². The third-order valence-electron chi connectivity index (χ3n) is 5.55. The molecule has 11 heteroatoms. The minimum absolute atomic E-state index is 0.0676. The maximum Gasteiger partial charge on any atom is 0.339 e. The van der Waals surface area contributed by atoms with Crippen LogP contribution in [0, 0.1) is 0 Å². The summed E-state index contributed by atoms with van der Waals surface area (Å²) in [4.78, 5) is 50.9. The number of hydrogen-bond acceptors (Lipinski definition) is 8. The predicted molar refractivity (Wildman–Crippen MR) is 148 cm³/mol. The number of carbonyl (C=O) groups excluding carboxylic acids is 4. The number of rotatable bonds is 9. The van der Waals surface area contributed by atoms with Gasteiger partial charge in [-0.05, 0) is 59.3 Å². The minimum Gasteiger partial charge on any atom is -0.493 e. The molecule has 3 amide bonds. The number of benzene rings is 3. The van der Waals surface area contributed by atoms with Gasteiger partial charge < -0.3 is 19.5 Å². The second kappa shape index (κ2) is 12.5. The average Bonchev–Trinajstić information content (AvgIpc) is 3.20. The van der Waals surface area contributed by atoms with Crippen LogP contribution in [0.4, 0.5) is 10.5 Å². The molecule has 0 unspecified atom stereocenters. The van der Waals surface area contributed by atoms with Gasteiger partial charge in [-0.3, -0.25) is 19.3 Å². The van der Waals surface area contributed by atoms with Gasteiger partial charge in [0.1, 0.15) is 13.2 Å². The van der Waals surface area contributed by atoms with Crippen molar-refractivity contribution in [2.45, 2.75) is 6.61 Å². The van der Waals surface area contributed by atoms with Crippen LogP contribution in [0.1, 0.15) is 21.5 Å². The molecule has 1 fully saturated rings. The molecule has 1 aliphatic heterocycles. The zero-order chi connectivity index (χ0) is 27.9. The van der Waals surface area contributed by atoms with Crippen molar-refractivity contribution in [3.63, 3.8) is 0 Å². The number of esters is 1. The molecule has 3 aromatic rings. The van der Waals surface area contributed by atoms with Gasteiger partial charge in [0.2, 0.25) is 5.91 Å². The first-order chi connectivity index (χ1) is 18.8. The summed E-state index contributed by atoms with van der Waals surface area (Å²) in [6.07, 6.45) is 1.55. The summed E-state index contributed by atoms with van der Waals surface area (Å²) < 4.78 is 16.0. The Kier molecular flexibility index (Phi) is 8.90. The van der Waals surface area contributed by atoms with Crippen LogP contribution in [0.15, 0.2) is 71.6 Å². The fraction of sp³-hybridized carbons (Fsp3) is 0.143. The molecule has 39 heavy (non-hydrogen) atoms. The van der Waals surface area contributed by atoms with E-state index in [1.807, 2.05) is 30.3 Å². The average molecular weight is 567 g/mol. The normalized spacial score (nSPS) is 13.9. The topological polar surface area (TPSA) is 111 Å². The maximum atomic E-state index is 12.9. The summed E-state index contributed by atoms with van der Waals surface area (Å²) in [5.41, 5.74) is 1.94. The Labute approximate surface area is 233 Å². The van der Waals surface area contributed by atoms with Gasteiger partial charge in [0.15, 0.2) is 11.5 Å². The Morgan fingerprint density at radius 1 is 1.00 bits per heavy atom. The molecule has 0 spiro atoms. The fourth-order valence-corrected chi connectivity index (χ4v) is 4.66. The Hall–Kier alpha value is -4.28. The van der Waals surface area contributed by atoms with Gasteiger partial charge in [0.05, 0.1) is 29.7 Å².